The minimum atomic E-state index is -0.727. The van der Waals surface area contributed by atoms with Crippen LogP contribution in [0.5, 0.6) is 5.75 Å². The third-order valence-corrected chi connectivity index (χ3v) is 4.18. The van der Waals surface area contributed by atoms with Crippen LogP contribution >= 0.6 is 15.9 Å². The second kappa shape index (κ2) is 7.88. The molecule has 0 saturated heterocycles. The summed E-state index contributed by atoms with van der Waals surface area (Å²) in [4.78, 5) is 0. The van der Waals surface area contributed by atoms with Gasteiger partial charge in [0.25, 0.3) is 0 Å². The lowest BCUT2D eigenvalue weighted by Crippen LogP contribution is -2.34. The van der Waals surface area contributed by atoms with Gasteiger partial charge in [0.1, 0.15) is 12.4 Å². The maximum absolute atomic E-state index is 10.2. The molecule has 0 saturated carbocycles. The van der Waals surface area contributed by atoms with Crippen molar-refractivity contribution in [3.05, 3.63) is 28.2 Å². The van der Waals surface area contributed by atoms with E-state index in [1.807, 2.05) is 32.0 Å². The highest BCUT2D eigenvalue weighted by molar-refractivity contribution is 9.10. The highest BCUT2D eigenvalue weighted by atomic mass is 79.9. The summed E-state index contributed by atoms with van der Waals surface area (Å²) in [6.45, 7) is 8.11. The Kier molecular flexibility index (Phi) is 6.83. The van der Waals surface area contributed by atoms with E-state index in [4.69, 9.17) is 4.74 Å². The third-order valence-electron chi connectivity index (χ3n) is 3.41. The average Bonchev–Trinajstić information content (AvgIpc) is 2.44. The van der Waals surface area contributed by atoms with Crippen molar-refractivity contribution in [1.82, 2.24) is 5.32 Å². The van der Waals surface area contributed by atoms with E-state index < -0.39 is 5.60 Å². The summed E-state index contributed by atoms with van der Waals surface area (Å²) in [6.07, 6.45) is 1.40. The van der Waals surface area contributed by atoms with Gasteiger partial charge in [0.05, 0.1) is 5.60 Å². The quantitative estimate of drug-likeness (QED) is 0.767. The van der Waals surface area contributed by atoms with E-state index in [2.05, 4.69) is 28.2 Å². The van der Waals surface area contributed by atoms with Crippen LogP contribution in [0.2, 0.25) is 0 Å². The normalized spacial score (nSPS) is 11.6. The molecule has 1 rings (SSSR count). The number of hydrogen-bond donors (Lipinski definition) is 2. The number of rotatable bonds is 8. The molecule has 2 N–H and O–H groups in total. The Hall–Kier alpha value is -0.580. The molecule has 0 unspecified atom stereocenters. The fourth-order valence-corrected chi connectivity index (χ4v) is 2.09. The lowest BCUT2D eigenvalue weighted by Gasteiger charge is -2.25. The van der Waals surface area contributed by atoms with E-state index in [0.29, 0.717) is 19.4 Å². The van der Waals surface area contributed by atoms with Crippen molar-refractivity contribution in [2.45, 2.75) is 45.8 Å². The summed E-state index contributed by atoms with van der Waals surface area (Å²) in [5.74, 6) is 0.802. The molecule has 0 fully saturated rings. The lowest BCUT2D eigenvalue weighted by atomic mass is 9.99. The zero-order chi connectivity index (χ0) is 14.3. The van der Waals surface area contributed by atoms with Gasteiger partial charge in [0.2, 0.25) is 0 Å². The summed E-state index contributed by atoms with van der Waals surface area (Å²) in [7, 11) is 0. The Labute approximate surface area is 124 Å². The van der Waals surface area contributed by atoms with Crippen LogP contribution in [-0.4, -0.2) is 23.9 Å². The molecule has 0 aliphatic rings. The Bertz CT molecular complexity index is 392. The Morgan fingerprint density at radius 2 is 1.95 bits per heavy atom. The predicted octanol–water partition coefficient (Wildman–Crippen LogP) is 3.49. The van der Waals surface area contributed by atoms with Crippen LogP contribution < -0.4 is 10.1 Å². The van der Waals surface area contributed by atoms with Gasteiger partial charge < -0.3 is 15.2 Å². The van der Waals surface area contributed by atoms with Crippen LogP contribution in [0.25, 0.3) is 0 Å². The van der Waals surface area contributed by atoms with Crippen LogP contribution in [0.3, 0.4) is 0 Å². The monoisotopic (exact) mass is 329 g/mol. The first-order valence-electron chi connectivity index (χ1n) is 6.89. The molecule has 0 atom stereocenters. The highest BCUT2D eigenvalue weighted by Gasteiger charge is 2.23. The van der Waals surface area contributed by atoms with Gasteiger partial charge in [0, 0.05) is 11.0 Å². The van der Waals surface area contributed by atoms with Crippen molar-refractivity contribution in [3.8, 4) is 5.75 Å². The smallest absolute Gasteiger partial charge is 0.119 e. The second-order valence-electron chi connectivity index (χ2n) is 4.75. The molecule has 0 aromatic heterocycles. The summed E-state index contributed by atoms with van der Waals surface area (Å²) in [5.41, 5.74) is 0.436. The van der Waals surface area contributed by atoms with Gasteiger partial charge >= 0.3 is 0 Å². The molecule has 1 aromatic carbocycles. The molecule has 108 valence electrons. The highest BCUT2D eigenvalue weighted by Crippen LogP contribution is 2.24. The second-order valence-corrected chi connectivity index (χ2v) is 5.61. The standard InChI is InChI=1S/C15H24BrNO2/c1-4-15(18,5-2)11-19-13-7-8-14(16)12(9-13)10-17-6-3/h7-9,17-18H,4-6,10-11H2,1-3H3. The van der Waals surface area contributed by atoms with E-state index >= 15 is 0 Å². The molecule has 0 radical (unpaired) electrons. The summed E-state index contributed by atoms with van der Waals surface area (Å²) < 4.78 is 6.80. The molecule has 19 heavy (non-hydrogen) atoms. The number of halogens is 1. The maximum atomic E-state index is 10.2. The van der Waals surface area contributed by atoms with Crippen molar-refractivity contribution >= 4 is 15.9 Å². The molecule has 0 amide bonds. The van der Waals surface area contributed by atoms with Crippen LogP contribution in [0.4, 0.5) is 0 Å². The van der Waals surface area contributed by atoms with Crippen molar-refractivity contribution in [1.29, 1.82) is 0 Å². The number of aliphatic hydroxyl groups is 1. The number of hydrogen-bond acceptors (Lipinski definition) is 3. The third kappa shape index (κ3) is 5.13. The summed E-state index contributed by atoms with van der Waals surface area (Å²) in [5, 5.41) is 13.5. The van der Waals surface area contributed by atoms with Gasteiger partial charge in [0.15, 0.2) is 0 Å². The fourth-order valence-electron chi connectivity index (χ4n) is 1.71. The average molecular weight is 330 g/mol. The molecule has 0 spiro atoms. The van der Waals surface area contributed by atoms with E-state index in [0.717, 1.165) is 28.9 Å². The first-order valence-corrected chi connectivity index (χ1v) is 7.68. The Morgan fingerprint density at radius 3 is 2.53 bits per heavy atom. The van der Waals surface area contributed by atoms with Gasteiger partial charge in [-0.3, -0.25) is 0 Å². The molecule has 0 aliphatic carbocycles. The summed E-state index contributed by atoms with van der Waals surface area (Å²) in [6, 6.07) is 5.92. The molecule has 4 heteroatoms. The SMILES string of the molecule is CCNCc1cc(OCC(O)(CC)CC)ccc1Br. The van der Waals surface area contributed by atoms with E-state index in [1.54, 1.807) is 0 Å². The molecule has 0 aliphatic heterocycles. The molecular weight excluding hydrogens is 306 g/mol. The number of ether oxygens (including phenoxy) is 1. The fraction of sp³-hybridized carbons (Fsp3) is 0.600. The molecule has 0 bridgehead atoms. The maximum Gasteiger partial charge on any atom is 0.119 e. The predicted molar refractivity (Wildman–Crippen MR) is 82.5 cm³/mol. The van der Waals surface area contributed by atoms with Crippen LogP contribution in [0.1, 0.15) is 39.2 Å². The Balaban J connectivity index is 2.68. The van der Waals surface area contributed by atoms with Crippen molar-refractivity contribution in [2.75, 3.05) is 13.2 Å². The topological polar surface area (TPSA) is 41.5 Å². The van der Waals surface area contributed by atoms with Crippen LogP contribution in [0.15, 0.2) is 22.7 Å². The van der Waals surface area contributed by atoms with Gasteiger partial charge in [-0.15, -0.1) is 0 Å². The molecular formula is C15H24BrNO2. The zero-order valence-corrected chi connectivity index (χ0v) is 13.6. The Morgan fingerprint density at radius 1 is 1.26 bits per heavy atom. The minimum Gasteiger partial charge on any atom is -0.491 e. The number of benzene rings is 1. The van der Waals surface area contributed by atoms with Crippen molar-refractivity contribution < 1.29 is 9.84 Å². The minimum absolute atomic E-state index is 0.336. The van der Waals surface area contributed by atoms with Crippen molar-refractivity contribution in [3.63, 3.8) is 0 Å². The van der Waals surface area contributed by atoms with E-state index in [1.165, 1.54) is 0 Å². The largest absolute Gasteiger partial charge is 0.491 e. The molecule has 0 heterocycles. The molecule has 3 nitrogen and oxygen atoms in total. The van der Waals surface area contributed by atoms with Gasteiger partial charge in [-0.05, 0) is 43.1 Å². The van der Waals surface area contributed by atoms with Gasteiger partial charge in [-0.25, -0.2) is 0 Å². The molecule has 1 aromatic rings. The summed E-state index contributed by atoms with van der Waals surface area (Å²) >= 11 is 3.53. The van der Waals surface area contributed by atoms with Gasteiger partial charge in [-0.1, -0.05) is 36.7 Å². The van der Waals surface area contributed by atoms with Crippen LogP contribution in [0, 0.1) is 0 Å². The van der Waals surface area contributed by atoms with Crippen molar-refractivity contribution in [2.24, 2.45) is 0 Å². The number of nitrogens with one attached hydrogen (secondary N) is 1. The van der Waals surface area contributed by atoms with Gasteiger partial charge in [-0.2, -0.15) is 0 Å². The van der Waals surface area contributed by atoms with Crippen LogP contribution in [-0.2, 0) is 6.54 Å². The van der Waals surface area contributed by atoms with E-state index in [9.17, 15) is 5.11 Å². The zero-order valence-electron chi connectivity index (χ0n) is 12.0. The van der Waals surface area contributed by atoms with E-state index in [-0.39, 0.29) is 0 Å². The first-order chi connectivity index (χ1) is 9.04. The lowest BCUT2D eigenvalue weighted by molar-refractivity contribution is -0.0113. The first kappa shape index (κ1) is 16.5.